The van der Waals surface area contributed by atoms with Crippen LogP contribution in [0.4, 0.5) is 0 Å². The van der Waals surface area contributed by atoms with Gasteiger partial charge in [-0.25, -0.2) is 9.78 Å². The predicted molar refractivity (Wildman–Crippen MR) is 111 cm³/mol. The molecule has 2 aromatic heterocycles. The molecule has 7 heteroatoms. The smallest absolute Gasteiger partial charge is 0.326 e. The number of hydrogen-bond acceptors (Lipinski definition) is 4. The average molecular weight is 392 g/mol. The molecule has 0 unspecified atom stereocenters. The van der Waals surface area contributed by atoms with E-state index in [4.69, 9.17) is 0 Å². The van der Waals surface area contributed by atoms with Crippen LogP contribution in [0.2, 0.25) is 0 Å². The van der Waals surface area contributed by atoms with Crippen molar-refractivity contribution in [2.24, 2.45) is 0 Å². The molecule has 28 heavy (non-hydrogen) atoms. The molecule has 0 saturated carbocycles. The van der Waals surface area contributed by atoms with Crippen LogP contribution < -0.4 is 11.0 Å². The zero-order valence-corrected chi connectivity index (χ0v) is 16.0. The Morgan fingerprint density at radius 1 is 1.11 bits per heavy atom. The van der Waals surface area contributed by atoms with Gasteiger partial charge >= 0.3 is 5.69 Å². The third kappa shape index (κ3) is 4.04. The van der Waals surface area contributed by atoms with Crippen molar-refractivity contribution in [3.05, 3.63) is 75.5 Å². The molecule has 0 radical (unpaired) electrons. The first kappa shape index (κ1) is 18.2. The quantitative estimate of drug-likeness (QED) is 0.507. The van der Waals surface area contributed by atoms with Gasteiger partial charge in [0.2, 0.25) is 5.91 Å². The van der Waals surface area contributed by atoms with Crippen molar-refractivity contribution in [1.29, 1.82) is 0 Å². The molecule has 0 aliphatic heterocycles. The lowest BCUT2D eigenvalue weighted by atomic mass is 10.2. The molecule has 0 atom stereocenters. The van der Waals surface area contributed by atoms with Crippen molar-refractivity contribution in [1.82, 2.24) is 19.9 Å². The van der Waals surface area contributed by atoms with E-state index in [0.717, 1.165) is 27.3 Å². The summed E-state index contributed by atoms with van der Waals surface area (Å²) in [5, 5.41) is 5.85. The Morgan fingerprint density at radius 3 is 2.75 bits per heavy atom. The van der Waals surface area contributed by atoms with Crippen molar-refractivity contribution >= 4 is 28.3 Å². The van der Waals surface area contributed by atoms with E-state index in [0.29, 0.717) is 25.9 Å². The number of thiazole rings is 1. The molecule has 0 aliphatic carbocycles. The van der Waals surface area contributed by atoms with Crippen molar-refractivity contribution in [2.75, 3.05) is 6.54 Å². The molecule has 4 aromatic rings. The van der Waals surface area contributed by atoms with Gasteiger partial charge in [0.15, 0.2) is 0 Å². The Bertz CT molecular complexity index is 1140. The number of rotatable bonds is 7. The van der Waals surface area contributed by atoms with Crippen LogP contribution in [-0.4, -0.2) is 27.0 Å². The Kier molecular flexibility index (Phi) is 5.34. The third-order valence-corrected chi connectivity index (χ3v) is 5.44. The number of fused-ring (bicyclic) bond motifs is 1. The number of aromatic nitrogens is 3. The maximum absolute atomic E-state index is 12.1. The lowest BCUT2D eigenvalue weighted by Gasteiger charge is -2.06. The first-order valence-electron chi connectivity index (χ1n) is 9.15. The highest BCUT2D eigenvalue weighted by Gasteiger charge is 2.09. The molecule has 0 spiro atoms. The van der Waals surface area contributed by atoms with Crippen LogP contribution in [0.15, 0.2) is 64.8 Å². The van der Waals surface area contributed by atoms with E-state index < -0.39 is 0 Å². The summed E-state index contributed by atoms with van der Waals surface area (Å²) >= 11 is 1.57. The van der Waals surface area contributed by atoms with Crippen LogP contribution in [0.1, 0.15) is 11.4 Å². The number of hydrogen-bond donors (Lipinski definition) is 2. The molecule has 2 N–H and O–H groups in total. The van der Waals surface area contributed by atoms with Gasteiger partial charge in [-0.2, -0.15) is 0 Å². The summed E-state index contributed by atoms with van der Waals surface area (Å²) in [5.41, 5.74) is 3.51. The predicted octanol–water partition coefficient (Wildman–Crippen LogP) is 3.20. The SMILES string of the molecule is O=C(CCc1nc(-c2ccccc2)cs1)NCCn1c(=O)[nH]c2ccccc21. The molecule has 2 heterocycles. The van der Waals surface area contributed by atoms with E-state index in [1.165, 1.54) is 0 Å². The summed E-state index contributed by atoms with van der Waals surface area (Å²) in [4.78, 5) is 31.6. The Morgan fingerprint density at radius 2 is 1.89 bits per heavy atom. The number of imidazole rings is 1. The minimum Gasteiger partial charge on any atom is -0.354 e. The lowest BCUT2D eigenvalue weighted by Crippen LogP contribution is -2.30. The van der Waals surface area contributed by atoms with Gasteiger partial charge in [0.25, 0.3) is 0 Å². The molecule has 1 amide bonds. The number of aromatic amines is 1. The van der Waals surface area contributed by atoms with Crippen LogP contribution >= 0.6 is 11.3 Å². The standard InChI is InChI=1S/C21H20N4O2S/c26-19(10-11-20-23-17(14-28-20)15-6-2-1-3-7-15)22-12-13-25-18-9-5-4-8-16(18)24-21(25)27/h1-9,14H,10-13H2,(H,22,26)(H,24,27). The topological polar surface area (TPSA) is 79.8 Å². The van der Waals surface area contributed by atoms with E-state index in [1.54, 1.807) is 15.9 Å². The van der Waals surface area contributed by atoms with Crippen LogP contribution in [-0.2, 0) is 17.8 Å². The van der Waals surface area contributed by atoms with Gasteiger partial charge in [-0.1, -0.05) is 42.5 Å². The zero-order valence-electron chi connectivity index (χ0n) is 15.2. The molecule has 0 fully saturated rings. The zero-order chi connectivity index (χ0) is 19.3. The maximum atomic E-state index is 12.1. The minimum absolute atomic E-state index is 0.0376. The Labute approximate surface area is 165 Å². The van der Waals surface area contributed by atoms with E-state index in [2.05, 4.69) is 15.3 Å². The second-order valence-electron chi connectivity index (χ2n) is 6.44. The monoisotopic (exact) mass is 392 g/mol. The number of benzene rings is 2. The summed E-state index contributed by atoms with van der Waals surface area (Å²) in [6.45, 7) is 0.845. The number of para-hydroxylation sites is 2. The molecule has 4 rings (SSSR count). The average Bonchev–Trinajstić information content (AvgIpc) is 3.32. The molecular formula is C21H20N4O2S. The first-order chi connectivity index (χ1) is 13.7. The third-order valence-electron chi connectivity index (χ3n) is 4.53. The van der Waals surface area contributed by atoms with E-state index in [9.17, 15) is 9.59 Å². The van der Waals surface area contributed by atoms with Crippen molar-refractivity contribution in [2.45, 2.75) is 19.4 Å². The van der Waals surface area contributed by atoms with Gasteiger partial charge in [-0.05, 0) is 12.1 Å². The number of carbonyl (C=O) groups is 1. The van der Waals surface area contributed by atoms with Gasteiger partial charge in [-0.3, -0.25) is 9.36 Å². The number of H-pyrrole nitrogens is 1. The lowest BCUT2D eigenvalue weighted by molar-refractivity contribution is -0.121. The molecule has 6 nitrogen and oxygen atoms in total. The van der Waals surface area contributed by atoms with Crippen molar-refractivity contribution in [3.63, 3.8) is 0 Å². The number of nitrogens with zero attached hydrogens (tertiary/aromatic N) is 2. The van der Waals surface area contributed by atoms with Crippen molar-refractivity contribution < 1.29 is 4.79 Å². The number of aryl methyl sites for hydroxylation is 1. The molecule has 2 aromatic carbocycles. The van der Waals surface area contributed by atoms with Crippen molar-refractivity contribution in [3.8, 4) is 11.3 Å². The largest absolute Gasteiger partial charge is 0.354 e. The highest BCUT2D eigenvalue weighted by atomic mass is 32.1. The fraction of sp³-hybridized carbons (Fsp3) is 0.190. The van der Waals surface area contributed by atoms with Gasteiger partial charge in [-0.15, -0.1) is 11.3 Å². The summed E-state index contributed by atoms with van der Waals surface area (Å²) in [6.07, 6.45) is 0.987. The van der Waals surface area contributed by atoms with Gasteiger partial charge in [0, 0.05) is 36.9 Å². The number of carbonyl (C=O) groups excluding carboxylic acids is 1. The fourth-order valence-corrected chi connectivity index (χ4v) is 3.92. The van der Waals surface area contributed by atoms with E-state index >= 15 is 0 Å². The van der Waals surface area contributed by atoms with Gasteiger partial charge in [0.05, 0.1) is 21.7 Å². The first-order valence-corrected chi connectivity index (χ1v) is 10.0. The summed E-state index contributed by atoms with van der Waals surface area (Å²) in [5.74, 6) is -0.0376. The highest BCUT2D eigenvalue weighted by molar-refractivity contribution is 7.09. The number of amides is 1. The molecule has 0 aliphatic rings. The van der Waals surface area contributed by atoms with Crippen LogP contribution in [0, 0.1) is 0 Å². The van der Waals surface area contributed by atoms with Crippen LogP contribution in [0.3, 0.4) is 0 Å². The molecule has 142 valence electrons. The summed E-state index contributed by atoms with van der Waals surface area (Å²) in [6, 6.07) is 17.5. The van der Waals surface area contributed by atoms with Crippen LogP contribution in [0.25, 0.3) is 22.3 Å². The van der Waals surface area contributed by atoms with Gasteiger partial charge in [0.1, 0.15) is 0 Å². The second kappa shape index (κ2) is 8.22. The second-order valence-corrected chi connectivity index (χ2v) is 7.38. The Balaban J connectivity index is 1.28. The maximum Gasteiger partial charge on any atom is 0.326 e. The molecular weight excluding hydrogens is 372 g/mol. The van der Waals surface area contributed by atoms with Crippen LogP contribution in [0.5, 0.6) is 0 Å². The van der Waals surface area contributed by atoms with E-state index in [1.807, 2.05) is 60.0 Å². The highest BCUT2D eigenvalue weighted by Crippen LogP contribution is 2.22. The molecule has 0 bridgehead atoms. The fourth-order valence-electron chi connectivity index (χ4n) is 3.11. The summed E-state index contributed by atoms with van der Waals surface area (Å²) < 4.78 is 1.64. The van der Waals surface area contributed by atoms with Gasteiger partial charge < -0.3 is 10.3 Å². The Hall–Kier alpha value is -3.19. The number of nitrogens with one attached hydrogen (secondary N) is 2. The minimum atomic E-state index is -0.160. The normalized spacial score (nSPS) is 11.0. The summed E-state index contributed by atoms with van der Waals surface area (Å²) in [7, 11) is 0. The van der Waals surface area contributed by atoms with E-state index in [-0.39, 0.29) is 11.6 Å². The molecule has 0 saturated heterocycles.